The average molecular weight is 288 g/mol. The van der Waals surface area contributed by atoms with Crippen molar-refractivity contribution < 1.29 is 0 Å². The van der Waals surface area contributed by atoms with Gasteiger partial charge in [0, 0.05) is 30.4 Å². The molecule has 1 aromatic carbocycles. The number of nitrogens with zero attached hydrogens (tertiary/aromatic N) is 1. The van der Waals surface area contributed by atoms with Crippen molar-refractivity contribution in [2.75, 3.05) is 18.0 Å². The van der Waals surface area contributed by atoms with Gasteiger partial charge < -0.3 is 10.2 Å². The van der Waals surface area contributed by atoms with Crippen LogP contribution in [0.4, 0.5) is 5.69 Å². The molecule has 0 bridgehead atoms. The first kappa shape index (κ1) is 16.4. The van der Waals surface area contributed by atoms with E-state index in [9.17, 15) is 0 Å². The normalized spacial score (nSPS) is 21.8. The summed E-state index contributed by atoms with van der Waals surface area (Å²) in [4.78, 5) is 2.66. The van der Waals surface area contributed by atoms with Crippen LogP contribution < -0.4 is 10.2 Å². The first-order chi connectivity index (χ1) is 10.0. The van der Waals surface area contributed by atoms with Crippen molar-refractivity contribution in [2.24, 2.45) is 5.92 Å². The molecule has 1 N–H and O–H groups in total. The monoisotopic (exact) mass is 288 g/mol. The van der Waals surface area contributed by atoms with Gasteiger partial charge in [-0.2, -0.15) is 0 Å². The summed E-state index contributed by atoms with van der Waals surface area (Å²) < 4.78 is 0. The molecule has 1 aromatic rings. The van der Waals surface area contributed by atoms with Gasteiger partial charge in [-0.05, 0) is 42.9 Å². The van der Waals surface area contributed by atoms with E-state index in [4.69, 9.17) is 0 Å². The number of piperazine rings is 1. The van der Waals surface area contributed by atoms with Gasteiger partial charge in [-0.3, -0.25) is 0 Å². The summed E-state index contributed by atoms with van der Waals surface area (Å²) in [5, 5.41) is 3.85. The molecule has 0 aliphatic carbocycles. The van der Waals surface area contributed by atoms with E-state index < -0.39 is 0 Å². The van der Waals surface area contributed by atoms with E-state index in [1.807, 2.05) is 0 Å². The number of anilines is 1. The van der Waals surface area contributed by atoms with Crippen LogP contribution in [0.1, 0.15) is 53.0 Å². The Hall–Kier alpha value is -1.02. The molecule has 1 atom stereocenters. The summed E-state index contributed by atoms with van der Waals surface area (Å²) in [7, 11) is 0. The van der Waals surface area contributed by atoms with Gasteiger partial charge >= 0.3 is 0 Å². The zero-order valence-electron chi connectivity index (χ0n) is 14.4. The molecule has 0 aromatic heterocycles. The highest BCUT2D eigenvalue weighted by Crippen LogP contribution is 2.30. The van der Waals surface area contributed by atoms with Gasteiger partial charge in [0.05, 0.1) is 0 Å². The Morgan fingerprint density at radius 3 is 2.52 bits per heavy atom. The fraction of sp³-hybridized carbons (Fsp3) is 0.684. The van der Waals surface area contributed by atoms with Gasteiger partial charge in [-0.25, -0.2) is 0 Å². The van der Waals surface area contributed by atoms with E-state index in [0.29, 0.717) is 12.0 Å². The van der Waals surface area contributed by atoms with Gasteiger partial charge in [-0.1, -0.05) is 46.8 Å². The molecule has 0 saturated carbocycles. The number of rotatable bonds is 5. The third kappa shape index (κ3) is 3.42. The maximum absolute atomic E-state index is 3.85. The maximum Gasteiger partial charge on any atom is 0.0438 e. The van der Waals surface area contributed by atoms with E-state index in [1.54, 1.807) is 0 Å². The van der Waals surface area contributed by atoms with Crippen molar-refractivity contribution in [2.45, 2.75) is 65.5 Å². The summed E-state index contributed by atoms with van der Waals surface area (Å²) in [6.07, 6.45) is 3.50. The molecule has 2 rings (SSSR count). The van der Waals surface area contributed by atoms with Crippen molar-refractivity contribution in [3.63, 3.8) is 0 Å². The van der Waals surface area contributed by atoms with Crippen LogP contribution in [0, 0.1) is 5.92 Å². The quantitative estimate of drug-likeness (QED) is 0.871. The number of hydrogen-bond donors (Lipinski definition) is 1. The molecule has 2 heteroatoms. The van der Waals surface area contributed by atoms with Crippen LogP contribution in [0.3, 0.4) is 0 Å². The summed E-state index contributed by atoms with van der Waals surface area (Å²) in [5.41, 5.74) is 3.11. The first-order valence-corrected chi connectivity index (χ1v) is 8.65. The largest absolute Gasteiger partial charge is 0.365 e. The highest BCUT2D eigenvalue weighted by atomic mass is 15.3. The molecule has 0 spiro atoms. The molecule has 1 aliphatic rings. The SMILES string of the molecule is CCc1cccc(N2CC(CC)(CC)NCC2C(C)C)c1. The molecular weight excluding hydrogens is 256 g/mol. The van der Waals surface area contributed by atoms with Crippen molar-refractivity contribution in [3.05, 3.63) is 29.8 Å². The molecular formula is C19H32N2. The smallest absolute Gasteiger partial charge is 0.0438 e. The van der Waals surface area contributed by atoms with Gasteiger partial charge in [-0.15, -0.1) is 0 Å². The van der Waals surface area contributed by atoms with Crippen molar-refractivity contribution in [1.29, 1.82) is 0 Å². The zero-order valence-corrected chi connectivity index (χ0v) is 14.4. The van der Waals surface area contributed by atoms with E-state index in [-0.39, 0.29) is 5.54 Å². The molecule has 1 heterocycles. The van der Waals surface area contributed by atoms with Crippen molar-refractivity contribution in [1.82, 2.24) is 5.32 Å². The Balaban J connectivity index is 2.33. The molecule has 1 saturated heterocycles. The van der Waals surface area contributed by atoms with Gasteiger partial charge in [0.25, 0.3) is 0 Å². The van der Waals surface area contributed by atoms with Gasteiger partial charge in [0.1, 0.15) is 0 Å². The fourth-order valence-electron chi connectivity index (χ4n) is 3.49. The van der Waals surface area contributed by atoms with Crippen LogP contribution in [-0.4, -0.2) is 24.7 Å². The Labute approximate surface area is 130 Å². The van der Waals surface area contributed by atoms with Gasteiger partial charge in [0.15, 0.2) is 0 Å². The molecule has 0 amide bonds. The Morgan fingerprint density at radius 1 is 1.24 bits per heavy atom. The van der Waals surface area contributed by atoms with E-state index in [2.05, 4.69) is 69.1 Å². The predicted octanol–water partition coefficient (Wildman–Crippen LogP) is 4.24. The van der Waals surface area contributed by atoms with E-state index >= 15 is 0 Å². The standard InChI is InChI=1S/C19H32N2/c1-6-16-10-9-11-17(12-16)21-14-19(7-2,8-3)20-13-18(21)15(4)5/h9-12,15,18,20H,6-8,13-14H2,1-5H3. The minimum absolute atomic E-state index is 0.271. The van der Waals surface area contributed by atoms with Crippen LogP contribution in [0.15, 0.2) is 24.3 Å². The molecule has 0 radical (unpaired) electrons. The zero-order chi connectivity index (χ0) is 15.5. The van der Waals surface area contributed by atoms with Crippen LogP contribution >= 0.6 is 0 Å². The third-order valence-corrected chi connectivity index (χ3v) is 5.33. The second-order valence-electron chi connectivity index (χ2n) is 6.83. The topological polar surface area (TPSA) is 15.3 Å². The predicted molar refractivity (Wildman–Crippen MR) is 93.1 cm³/mol. The van der Waals surface area contributed by atoms with Crippen LogP contribution in [0.2, 0.25) is 0 Å². The molecule has 21 heavy (non-hydrogen) atoms. The maximum atomic E-state index is 3.85. The molecule has 118 valence electrons. The highest BCUT2D eigenvalue weighted by Gasteiger charge is 2.37. The summed E-state index contributed by atoms with van der Waals surface area (Å²) >= 11 is 0. The number of benzene rings is 1. The lowest BCUT2D eigenvalue weighted by atomic mass is 9.86. The first-order valence-electron chi connectivity index (χ1n) is 8.65. The number of nitrogens with one attached hydrogen (secondary N) is 1. The van der Waals surface area contributed by atoms with Crippen LogP contribution in [0.5, 0.6) is 0 Å². The number of hydrogen-bond acceptors (Lipinski definition) is 2. The van der Waals surface area contributed by atoms with E-state index in [1.165, 1.54) is 24.1 Å². The Morgan fingerprint density at radius 2 is 1.95 bits per heavy atom. The second-order valence-corrected chi connectivity index (χ2v) is 6.83. The second kappa shape index (κ2) is 6.83. The van der Waals surface area contributed by atoms with Crippen molar-refractivity contribution >= 4 is 5.69 Å². The molecule has 1 unspecified atom stereocenters. The lowest BCUT2D eigenvalue weighted by Gasteiger charge is -2.50. The summed E-state index contributed by atoms with van der Waals surface area (Å²) in [6, 6.07) is 9.71. The number of aryl methyl sites for hydroxylation is 1. The molecule has 2 nitrogen and oxygen atoms in total. The minimum atomic E-state index is 0.271. The van der Waals surface area contributed by atoms with Crippen LogP contribution in [0.25, 0.3) is 0 Å². The molecule has 1 fully saturated rings. The summed E-state index contributed by atoms with van der Waals surface area (Å²) in [5.74, 6) is 0.662. The summed E-state index contributed by atoms with van der Waals surface area (Å²) in [6.45, 7) is 13.8. The van der Waals surface area contributed by atoms with Gasteiger partial charge in [0.2, 0.25) is 0 Å². The third-order valence-electron chi connectivity index (χ3n) is 5.33. The minimum Gasteiger partial charge on any atom is -0.365 e. The van der Waals surface area contributed by atoms with Crippen LogP contribution in [-0.2, 0) is 6.42 Å². The fourth-order valence-corrected chi connectivity index (χ4v) is 3.49. The van der Waals surface area contributed by atoms with Crippen molar-refractivity contribution in [3.8, 4) is 0 Å². The lowest BCUT2D eigenvalue weighted by molar-refractivity contribution is 0.227. The molecule has 1 aliphatic heterocycles. The Bertz CT molecular complexity index is 449. The highest BCUT2D eigenvalue weighted by molar-refractivity contribution is 5.51. The average Bonchev–Trinajstić information content (AvgIpc) is 2.54. The lowest BCUT2D eigenvalue weighted by Crippen LogP contribution is -2.65. The Kier molecular flexibility index (Phi) is 5.32. The van der Waals surface area contributed by atoms with E-state index in [0.717, 1.165) is 19.5 Å².